The molecule has 23 heavy (non-hydrogen) atoms. The number of carbonyl (C=O) groups excluding carboxylic acids is 1. The number of carbonyl (C=O) groups is 1. The highest BCUT2D eigenvalue weighted by Gasteiger charge is 2.29. The van der Waals surface area contributed by atoms with Crippen molar-refractivity contribution in [3.63, 3.8) is 0 Å². The van der Waals surface area contributed by atoms with Crippen LogP contribution < -0.4 is 0 Å². The molecule has 0 radical (unpaired) electrons. The predicted molar refractivity (Wildman–Crippen MR) is 90.6 cm³/mol. The summed E-state index contributed by atoms with van der Waals surface area (Å²) < 4.78 is 0.997. The molecule has 0 unspecified atom stereocenters. The molecular formula is C16H20BrN5O. The highest BCUT2D eigenvalue weighted by Crippen LogP contribution is 2.23. The summed E-state index contributed by atoms with van der Waals surface area (Å²) in [6.07, 6.45) is 3.30. The molecule has 1 aliphatic heterocycles. The third-order valence-corrected chi connectivity index (χ3v) is 4.84. The van der Waals surface area contributed by atoms with E-state index in [1.54, 1.807) is 0 Å². The van der Waals surface area contributed by atoms with Crippen molar-refractivity contribution in [2.45, 2.75) is 51.7 Å². The first-order valence-electron chi connectivity index (χ1n) is 7.89. The van der Waals surface area contributed by atoms with Crippen LogP contribution in [0.5, 0.6) is 0 Å². The molecule has 1 saturated heterocycles. The van der Waals surface area contributed by atoms with E-state index < -0.39 is 0 Å². The molecule has 3 rings (SSSR count). The van der Waals surface area contributed by atoms with Gasteiger partial charge in [-0.1, -0.05) is 15.9 Å². The molecule has 0 spiro atoms. The van der Waals surface area contributed by atoms with E-state index in [-0.39, 0.29) is 24.5 Å². The Morgan fingerprint density at radius 2 is 1.87 bits per heavy atom. The molecule has 0 aliphatic carbocycles. The van der Waals surface area contributed by atoms with Gasteiger partial charge >= 0.3 is 0 Å². The number of halogens is 1. The molecule has 2 atom stereocenters. The zero-order chi connectivity index (χ0) is 16.4. The number of amides is 1. The number of benzene rings is 1. The van der Waals surface area contributed by atoms with Crippen LogP contribution in [0.2, 0.25) is 0 Å². The first kappa shape index (κ1) is 16.1. The summed E-state index contributed by atoms with van der Waals surface area (Å²) >= 11 is 3.40. The van der Waals surface area contributed by atoms with E-state index in [0.717, 1.165) is 22.9 Å². The van der Waals surface area contributed by atoms with E-state index in [1.807, 2.05) is 29.2 Å². The summed E-state index contributed by atoms with van der Waals surface area (Å²) in [7, 11) is 0. The fourth-order valence-corrected chi connectivity index (χ4v) is 3.40. The van der Waals surface area contributed by atoms with Crippen LogP contribution in [0.4, 0.5) is 0 Å². The lowest BCUT2D eigenvalue weighted by Gasteiger charge is -2.38. The number of hydrogen-bond acceptors (Lipinski definition) is 4. The fourth-order valence-electron chi connectivity index (χ4n) is 3.14. The SMILES string of the molecule is C[C@@H]1CCC[C@@H](C)N1C(=O)Cn1nnc(-c2ccc(Br)cc2)n1. The topological polar surface area (TPSA) is 63.9 Å². The second kappa shape index (κ2) is 6.78. The molecule has 0 N–H and O–H groups in total. The standard InChI is InChI=1S/C16H20BrN5O/c1-11-4-3-5-12(2)22(11)15(23)10-21-19-16(18-20-21)13-6-8-14(17)9-7-13/h6-9,11-12H,3-5,10H2,1-2H3/t11-,12-/m1/s1. The van der Waals surface area contributed by atoms with Crippen LogP contribution in [0.15, 0.2) is 28.7 Å². The maximum atomic E-state index is 12.6. The molecule has 1 aromatic heterocycles. The number of tetrazole rings is 1. The average Bonchev–Trinajstić information content (AvgIpc) is 2.96. The van der Waals surface area contributed by atoms with Crippen molar-refractivity contribution < 1.29 is 4.79 Å². The van der Waals surface area contributed by atoms with Crippen LogP contribution in [0, 0.1) is 0 Å². The van der Waals surface area contributed by atoms with Crippen LogP contribution >= 0.6 is 15.9 Å². The quantitative estimate of drug-likeness (QED) is 0.824. The van der Waals surface area contributed by atoms with Gasteiger partial charge in [-0.25, -0.2) is 0 Å². The fraction of sp³-hybridized carbons (Fsp3) is 0.500. The molecule has 2 aromatic rings. The molecule has 0 bridgehead atoms. The third-order valence-electron chi connectivity index (χ3n) is 4.31. The monoisotopic (exact) mass is 377 g/mol. The van der Waals surface area contributed by atoms with Crippen molar-refractivity contribution in [1.29, 1.82) is 0 Å². The van der Waals surface area contributed by atoms with E-state index in [2.05, 4.69) is 45.2 Å². The lowest BCUT2D eigenvalue weighted by atomic mass is 9.97. The highest BCUT2D eigenvalue weighted by atomic mass is 79.9. The van der Waals surface area contributed by atoms with Gasteiger partial charge in [0.1, 0.15) is 6.54 Å². The molecule has 0 saturated carbocycles. The molecule has 1 fully saturated rings. The number of aromatic nitrogens is 4. The third kappa shape index (κ3) is 3.60. The minimum Gasteiger partial charge on any atom is -0.336 e. The Kier molecular flexibility index (Phi) is 4.75. The van der Waals surface area contributed by atoms with Crippen molar-refractivity contribution in [3.8, 4) is 11.4 Å². The Hall–Kier alpha value is -1.76. The van der Waals surface area contributed by atoms with Gasteiger partial charge in [-0.15, -0.1) is 10.2 Å². The smallest absolute Gasteiger partial charge is 0.246 e. The normalized spacial score (nSPS) is 21.4. The van der Waals surface area contributed by atoms with Crippen molar-refractivity contribution in [2.24, 2.45) is 0 Å². The van der Waals surface area contributed by atoms with Crippen LogP contribution in [0.25, 0.3) is 11.4 Å². The molecule has 122 valence electrons. The molecule has 1 aromatic carbocycles. The molecular weight excluding hydrogens is 358 g/mol. The van der Waals surface area contributed by atoms with Crippen molar-refractivity contribution >= 4 is 21.8 Å². The Morgan fingerprint density at radius 3 is 2.52 bits per heavy atom. The van der Waals surface area contributed by atoms with Gasteiger partial charge in [-0.05, 0) is 62.6 Å². The summed E-state index contributed by atoms with van der Waals surface area (Å²) in [4.78, 5) is 15.9. The first-order valence-corrected chi connectivity index (χ1v) is 8.69. The Bertz CT molecular complexity index is 674. The molecule has 7 heteroatoms. The van der Waals surface area contributed by atoms with Gasteiger partial charge < -0.3 is 4.90 Å². The Balaban J connectivity index is 1.71. The van der Waals surface area contributed by atoms with Crippen molar-refractivity contribution in [3.05, 3.63) is 28.7 Å². The summed E-state index contributed by atoms with van der Waals surface area (Å²) in [6.45, 7) is 4.35. The zero-order valence-corrected chi connectivity index (χ0v) is 14.9. The maximum absolute atomic E-state index is 12.6. The Labute approximate surface area is 144 Å². The predicted octanol–water partition coefficient (Wildman–Crippen LogP) is 2.89. The average molecular weight is 378 g/mol. The summed E-state index contributed by atoms with van der Waals surface area (Å²) in [5.41, 5.74) is 0.881. The first-order chi connectivity index (χ1) is 11.0. The second-order valence-electron chi connectivity index (χ2n) is 6.08. The number of likely N-dealkylation sites (tertiary alicyclic amines) is 1. The van der Waals surface area contributed by atoms with Gasteiger partial charge in [0.25, 0.3) is 0 Å². The number of hydrogen-bond donors (Lipinski definition) is 0. The van der Waals surface area contributed by atoms with E-state index in [4.69, 9.17) is 0 Å². The van der Waals surface area contributed by atoms with E-state index in [9.17, 15) is 4.79 Å². The number of nitrogens with zero attached hydrogens (tertiary/aromatic N) is 5. The number of piperidine rings is 1. The van der Waals surface area contributed by atoms with Crippen LogP contribution in [0.1, 0.15) is 33.1 Å². The van der Waals surface area contributed by atoms with E-state index in [0.29, 0.717) is 5.82 Å². The molecule has 2 heterocycles. The minimum absolute atomic E-state index is 0.0597. The zero-order valence-electron chi connectivity index (χ0n) is 13.3. The molecule has 1 aliphatic rings. The highest BCUT2D eigenvalue weighted by molar-refractivity contribution is 9.10. The van der Waals surface area contributed by atoms with Gasteiger partial charge in [0.15, 0.2) is 0 Å². The minimum atomic E-state index is 0.0597. The van der Waals surface area contributed by atoms with Crippen LogP contribution in [-0.2, 0) is 11.3 Å². The lowest BCUT2D eigenvalue weighted by molar-refractivity contribution is -0.138. The van der Waals surface area contributed by atoms with Crippen molar-refractivity contribution in [1.82, 2.24) is 25.1 Å². The van der Waals surface area contributed by atoms with Crippen LogP contribution in [0.3, 0.4) is 0 Å². The van der Waals surface area contributed by atoms with Gasteiger partial charge in [0, 0.05) is 22.1 Å². The van der Waals surface area contributed by atoms with E-state index in [1.165, 1.54) is 11.2 Å². The van der Waals surface area contributed by atoms with Gasteiger partial charge in [0.2, 0.25) is 11.7 Å². The maximum Gasteiger partial charge on any atom is 0.246 e. The molecule has 1 amide bonds. The van der Waals surface area contributed by atoms with Gasteiger partial charge in [-0.2, -0.15) is 4.80 Å². The van der Waals surface area contributed by atoms with Crippen molar-refractivity contribution in [2.75, 3.05) is 0 Å². The van der Waals surface area contributed by atoms with E-state index >= 15 is 0 Å². The summed E-state index contributed by atoms with van der Waals surface area (Å²) in [6, 6.07) is 8.25. The lowest BCUT2D eigenvalue weighted by Crippen LogP contribution is -2.48. The largest absolute Gasteiger partial charge is 0.336 e. The Morgan fingerprint density at radius 1 is 1.22 bits per heavy atom. The summed E-state index contributed by atoms with van der Waals surface area (Å²) in [5, 5.41) is 12.4. The molecule has 6 nitrogen and oxygen atoms in total. The summed E-state index contributed by atoms with van der Waals surface area (Å²) in [5.74, 6) is 0.592. The van der Waals surface area contributed by atoms with Gasteiger partial charge in [0.05, 0.1) is 0 Å². The van der Waals surface area contributed by atoms with Gasteiger partial charge in [-0.3, -0.25) is 4.79 Å². The second-order valence-corrected chi connectivity index (χ2v) is 7.00. The number of rotatable bonds is 3. The van der Waals surface area contributed by atoms with Crippen LogP contribution in [-0.4, -0.2) is 43.1 Å².